The van der Waals surface area contributed by atoms with Crippen LogP contribution in [0.25, 0.3) is 0 Å². The van der Waals surface area contributed by atoms with Gasteiger partial charge in [0.05, 0.1) is 0 Å². The third-order valence-corrected chi connectivity index (χ3v) is 3.99. The minimum atomic E-state index is -0.191. The lowest BCUT2D eigenvalue weighted by atomic mass is 9.82. The number of benzene rings is 2. The summed E-state index contributed by atoms with van der Waals surface area (Å²) in [5.74, 6) is 0.0581. The maximum absolute atomic E-state index is 13.4. The van der Waals surface area contributed by atoms with E-state index < -0.39 is 0 Å². The van der Waals surface area contributed by atoms with Crippen LogP contribution in [0, 0.1) is 19.7 Å². The summed E-state index contributed by atoms with van der Waals surface area (Å²) in [6.07, 6.45) is 0.960. The van der Waals surface area contributed by atoms with Crippen molar-refractivity contribution in [3.05, 3.63) is 70.5 Å². The number of nitrogens with two attached hydrogens (primary N) is 1. The van der Waals surface area contributed by atoms with Crippen molar-refractivity contribution < 1.29 is 4.39 Å². The van der Waals surface area contributed by atoms with Gasteiger partial charge >= 0.3 is 0 Å². The van der Waals surface area contributed by atoms with Gasteiger partial charge in [0.1, 0.15) is 5.82 Å². The highest BCUT2D eigenvalue weighted by Gasteiger charge is 2.22. The summed E-state index contributed by atoms with van der Waals surface area (Å²) in [5, 5.41) is 0. The summed E-state index contributed by atoms with van der Waals surface area (Å²) in [5.41, 5.74) is 10.7. The third kappa shape index (κ3) is 2.91. The van der Waals surface area contributed by atoms with Crippen LogP contribution in [0.5, 0.6) is 0 Å². The summed E-state index contributed by atoms with van der Waals surface area (Å²) in [7, 11) is 0. The van der Waals surface area contributed by atoms with Crippen LogP contribution in [-0.4, -0.2) is 0 Å². The van der Waals surface area contributed by atoms with Crippen molar-refractivity contribution >= 4 is 0 Å². The van der Waals surface area contributed by atoms with Crippen molar-refractivity contribution in [2.75, 3.05) is 0 Å². The summed E-state index contributed by atoms with van der Waals surface area (Å²) in [6.45, 7) is 6.01. The monoisotopic (exact) mass is 271 g/mol. The van der Waals surface area contributed by atoms with Gasteiger partial charge in [-0.05, 0) is 54.7 Å². The zero-order chi connectivity index (χ0) is 14.7. The predicted molar refractivity (Wildman–Crippen MR) is 82.3 cm³/mol. The van der Waals surface area contributed by atoms with E-state index in [0.717, 1.165) is 23.1 Å². The van der Waals surface area contributed by atoms with Crippen LogP contribution in [0.1, 0.15) is 47.6 Å². The van der Waals surface area contributed by atoms with Gasteiger partial charge in [-0.25, -0.2) is 4.39 Å². The summed E-state index contributed by atoms with van der Waals surface area (Å²) in [6, 6.07) is 13.3. The van der Waals surface area contributed by atoms with Crippen molar-refractivity contribution in [1.82, 2.24) is 0 Å². The highest BCUT2D eigenvalue weighted by atomic mass is 19.1. The molecular weight excluding hydrogens is 249 g/mol. The number of halogens is 1. The number of hydrogen-bond donors (Lipinski definition) is 1. The Bertz CT molecular complexity index is 554. The number of aryl methyl sites for hydroxylation is 2. The van der Waals surface area contributed by atoms with E-state index in [9.17, 15) is 4.39 Å². The second kappa shape index (κ2) is 6.19. The first kappa shape index (κ1) is 14.7. The lowest BCUT2D eigenvalue weighted by molar-refractivity contribution is 0.532. The largest absolute Gasteiger partial charge is 0.323 e. The van der Waals surface area contributed by atoms with E-state index in [4.69, 9.17) is 5.73 Å². The van der Waals surface area contributed by atoms with Crippen molar-refractivity contribution in [3.8, 4) is 0 Å². The van der Waals surface area contributed by atoms with Gasteiger partial charge in [-0.2, -0.15) is 0 Å². The number of hydrogen-bond acceptors (Lipinski definition) is 1. The van der Waals surface area contributed by atoms with Gasteiger partial charge in [-0.3, -0.25) is 0 Å². The third-order valence-electron chi connectivity index (χ3n) is 3.99. The molecule has 0 saturated carbocycles. The van der Waals surface area contributed by atoms with Crippen molar-refractivity contribution in [2.24, 2.45) is 5.73 Å². The van der Waals surface area contributed by atoms with E-state index in [1.54, 1.807) is 12.1 Å². The molecule has 2 aromatic carbocycles. The van der Waals surface area contributed by atoms with Crippen LogP contribution in [0.3, 0.4) is 0 Å². The van der Waals surface area contributed by atoms with Gasteiger partial charge < -0.3 is 5.73 Å². The Morgan fingerprint density at radius 2 is 1.60 bits per heavy atom. The Hall–Kier alpha value is -1.67. The molecule has 2 unspecified atom stereocenters. The second-order valence-electron chi connectivity index (χ2n) is 5.40. The van der Waals surface area contributed by atoms with Crippen LogP contribution >= 0.6 is 0 Å². The molecule has 2 atom stereocenters. The zero-order valence-electron chi connectivity index (χ0n) is 12.4. The molecule has 2 aromatic rings. The average molecular weight is 271 g/mol. The van der Waals surface area contributed by atoms with Crippen LogP contribution < -0.4 is 5.73 Å². The molecule has 2 rings (SSSR count). The highest BCUT2D eigenvalue weighted by Crippen LogP contribution is 2.35. The van der Waals surface area contributed by atoms with Gasteiger partial charge in [0.25, 0.3) is 0 Å². The SMILES string of the molecule is CCC(c1ccccc1)C(N)c1c(C)cc(F)cc1C. The summed E-state index contributed by atoms with van der Waals surface area (Å²) < 4.78 is 13.4. The number of rotatable bonds is 4. The fourth-order valence-electron chi connectivity index (χ4n) is 3.05. The molecule has 0 aromatic heterocycles. The molecule has 0 radical (unpaired) electrons. The predicted octanol–water partition coefficient (Wildman–Crippen LogP) is 4.64. The molecular formula is C18H22FN. The summed E-state index contributed by atoms with van der Waals surface area (Å²) in [4.78, 5) is 0. The minimum Gasteiger partial charge on any atom is -0.323 e. The van der Waals surface area contributed by atoms with E-state index in [-0.39, 0.29) is 17.8 Å². The van der Waals surface area contributed by atoms with E-state index in [2.05, 4.69) is 19.1 Å². The quantitative estimate of drug-likeness (QED) is 0.861. The minimum absolute atomic E-state index is 0.108. The zero-order valence-corrected chi connectivity index (χ0v) is 12.4. The van der Waals surface area contributed by atoms with Crippen LogP contribution in [0.15, 0.2) is 42.5 Å². The molecule has 0 spiro atoms. The van der Waals surface area contributed by atoms with Crippen LogP contribution in [-0.2, 0) is 0 Å². The first-order valence-electron chi connectivity index (χ1n) is 7.11. The maximum Gasteiger partial charge on any atom is 0.123 e. The average Bonchev–Trinajstić information content (AvgIpc) is 2.39. The summed E-state index contributed by atoms with van der Waals surface area (Å²) >= 11 is 0. The van der Waals surface area contributed by atoms with Crippen molar-refractivity contribution in [1.29, 1.82) is 0 Å². The second-order valence-corrected chi connectivity index (χ2v) is 5.40. The van der Waals surface area contributed by atoms with E-state index in [1.165, 1.54) is 5.56 Å². The molecule has 0 fully saturated rings. The molecule has 0 bridgehead atoms. The van der Waals surface area contributed by atoms with Crippen LogP contribution in [0.4, 0.5) is 4.39 Å². The standard InChI is InChI=1S/C18H22FN/c1-4-16(14-8-6-5-7-9-14)18(20)17-12(2)10-15(19)11-13(17)3/h5-11,16,18H,4,20H2,1-3H3. The van der Waals surface area contributed by atoms with Gasteiger partial charge in [0, 0.05) is 12.0 Å². The molecule has 2 N–H and O–H groups in total. The lowest BCUT2D eigenvalue weighted by Crippen LogP contribution is -2.21. The van der Waals surface area contributed by atoms with Gasteiger partial charge in [-0.1, -0.05) is 37.3 Å². The van der Waals surface area contributed by atoms with Crippen molar-refractivity contribution in [2.45, 2.75) is 39.2 Å². The Kier molecular flexibility index (Phi) is 4.56. The lowest BCUT2D eigenvalue weighted by Gasteiger charge is -2.26. The van der Waals surface area contributed by atoms with Crippen molar-refractivity contribution in [3.63, 3.8) is 0 Å². The molecule has 0 saturated heterocycles. The van der Waals surface area contributed by atoms with Crippen LogP contribution in [0.2, 0.25) is 0 Å². The molecule has 2 heteroatoms. The maximum atomic E-state index is 13.4. The molecule has 20 heavy (non-hydrogen) atoms. The van der Waals surface area contributed by atoms with E-state index in [1.807, 2.05) is 32.0 Å². The van der Waals surface area contributed by atoms with E-state index >= 15 is 0 Å². The first-order chi connectivity index (χ1) is 9.54. The molecule has 0 heterocycles. The molecule has 0 aliphatic heterocycles. The highest BCUT2D eigenvalue weighted by molar-refractivity contribution is 5.39. The Morgan fingerprint density at radius 3 is 2.10 bits per heavy atom. The smallest absolute Gasteiger partial charge is 0.123 e. The Morgan fingerprint density at radius 1 is 1.05 bits per heavy atom. The first-order valence-corrected chi connectivity index (χ1v) is 7.11. The Labute approximate surface area is 120 Å². The molecule has 0 amide bonds. The molecule has 1 nitrogen and oxygen atoms in total. The van der Waals surface area contributed by atoms with Gasteiger partial charge in [-0.15, -0.1) is 0 Å². The van der Waals surface area contributed by atoms with Gasteiger partial charge in [0.15, 0.2) is 0 Å². The van der Waals surface area contributed by atoms with Gasteiger partial charge in [0.2, 0.25) is 0 Å². The topological polar surface area (TPSA) is 26.0 Å². The molecule has 0 aliphatic carbocycles. The fourth-order valence-corrected chi connectivity index (χ4v) is 3.05. The molecule has 0 aliphatic rings. The fraction of sp³-hybridized carbons (Fsp3) is 0.333. The molecule has 106 valence electrons. The van der Waals surface area contributed by atoms with E-state index in [0.29, 0.717) is 0 Å². The normalized spacial score (nSPS) is 14.1. The Balaban J connectivity index is 2.42.